The molecule has 0 amide bonds. The normalized spacial score (nSPS) is 19.7. The second kappa shape index (κ2) is 6.08. The fourth-order valence-corrected chi connectivity index (χ4v) is 4.84. The summed E-state index contributed by atoms with van der Waals surface area (Å²) in [5.41, 5.74) is 1.09. The Morgan fingerprint density at radius 3 is 3.14 bits per heavy atom. The average Bonchev–Trinajstić information content (AvgIpc) is 2.82. The van der Waals surface area contributed by atoms with Crippen LogP contribution < -0.4 is 5.56 Å². The minimum absolute atomic E-state index is 0.0898. The molecule has 0 spiro atoms. The van der Waals surface area contributed by atoms with Gasteiger partial charge in [-0.15, -0.1) is 11.3 Å². The molecule has 0 aliphatic heterocycles. The summed E-state index contributed by atoms with van der Waals surface area (Å²) in [5.74, 6) is 0.978. The number of hydrogen-bond acceptors (Lipinski definition) is 6. The molecule has 0 radical (unpaired) electrons. The van der Waals surface area contributed by atoms with Gasteiger partial charge in [0.1, 0.15) is 4.83 Å². The van der Waals surface area contributed by atoms with Gasteiger partial charge in [0.05, 0.1) is 18.1 Å². The van der Waals surface area contributed by atoms with Crippen LogP contribution in [0.3, 0.4) is 0 Å². The lowest BCUT2D eigenvalue weighted by molar-refractivity contribution is 0.113. The van der Waals surface area contributed by atoms with Crippen molar-refractivity contribution in [2.75, 3.05) is 12.4 Å². The molecule has 2 atom stereocenters. The number of nitrogens with zero attached hydrogens (tertiary/aromatic N) is 1. The lowest BCUT2D eigenvalue weighted by atomic mass is 9.89. The Balaban J connectivity index is 1.95. The monoisotopic (exact) mass is 326 g/mol. The van der Waals surface area contributed by atoms with Crippen LogP contribution in [-0.2, 0) is 12.8 Å². The number of fused-ring (bicyclic) bond motifs is 3. The predicted molar refractivity (Wildman–Crippen MR) is 85.2 cm³/mol. The number of aliphatic hydroxyl groups is 2. The molecule has 2 aromatic rings. The first-order valence-corrected chi connectivity index (χ1v) is 8.85. The van der Waals surface area contributed by atoms with Crippen LogP contribution in [0.15, 0.2) is 9.95 Å². The Labute approximate surface area is 130 Å². The van der Waals surface area contributed by atoms with Crippen molar-refractivity contribution >= 4 is 33.3 Å². The molecule has 114 valence electrons. The van der Waals surface area contributed by atoms with E-state index in [9.17, 15) is 9.90 Å². The highest BCUT2D eigenvalue weighted by molar-refractivity contribution is 7.99. The molecule has 3 rings (SSSR count). The Bertz CT molecular complexity index is 710. The number of aliphatic hydroxyl groups excluding tert-OH is 2. The predicted octanol–water partition coefficient (Wildman–Crippen LogP) is 1.55. The molecule has 7 heteroatoms. The van der Waals surface area contributed by atoms with Crippen molar-refractivity contribution in [3.05, 3.63) is 20.8 Å². The fourth-order valence-electron chi connectivity index (χ4n) is 2.63. The molecule has 1 aliphatic carbocycles. The minimum atomic E-state index is -0.798. The number of aryl methyl sites for hydroxylation is 1. The highest BCUT2D eigenvalue weighted by Gasteiger charge is 2.23. The Hall–Kier alpha value is -0.890. The molecule has 0 bridgehead atoms. The second-order valence-corrected chi connectivity index (χ2v) is 7.64. The Kier molecular flexibility index (Phi) is 4.35. The average molecular weight is 326 g/mol. The zero-order chi connectivity index (χ0) is 15.0. The lowest BCUT2D eigenvalue weighted by Crippen LogP contribution is -2.16. The van der Waals surface area contributed by atoms with Gasteiger partial charge in [0, 0.05) is 10.6 Å². The highest BCUT2D eigenvalue weighted by atomic mass is 32.2. The second-order valence-electron chi connectivity index (χ2n) is 5.55. The third kappa shape index (κ3) is 3.01. The number of aromatic nitrogens is 2. The molecule has 2 heterocycles. The Morgan fingerprint density at radius 2 is 2.38 bits per heavy atom. The van der Waals surface area contributed by atoms with Gasteiger partial charge in [0.2, 0.25) is 0 Å². The first-order valence-electron chi connectivity index (χ1n) is 7.04. The first kappa shape index (κ1) is 15.0. The lowest BCUT2D eigenvalue weighted by Gasteiger charge is -2.17. The van der Waals surface area contributed by atoms with Crippen molar-refractivity contribution in [3.8, 4) is 0 Å². The van der Waals surface area contributed by atoms with Crippen LogP contribution in [-0.4, -0.2) is 38.6 Å². The number of thiophene rings is 1. The molecule has 0 unspecified atom stereocenters. The van der Waals surface area contributed by atoms with Gasteiger partial charge in [-0.3, -0.25) is 4.79 Å². The molecule has 2 aromatic heterocycles. The number of thioether (sulfide) groups is 1. The van der Waals surface area contributed by atoms with Crippen LogP contribution >= 0.6 is 23.1 Å². The van der Waals surface area contributed by atoms with Crippen LogP contribution in [0.1, 0.15) is 23.8 Å². The highest BCUT2D eigenvalue weighted by Crippen LogP contribution is 2.36. The van der Waals surface area contributed by atoms with E-state index in [1.54, 1.807) is 11.3 Å². The summed E-state index contributed by atoms with van der Waals surface area (Å²) in [6.07, 6.45) is 2.31. The summed E-state index contributed by atoms with van der Waals surface area (Å²) < 4.78 is 0. The van der Waals surface area contributed by atoms with E-state index >= 15 is 0 Å². The van der Waals surface area contributed by atoms with Gasteiger partial charge in [0.15, 0.2) is 5.16 Å². The van der Waals surface area contributed by atoms with Gasteiger partial charge in [0.25, 0.3) is 5.56 Å². The van der Waals surface area contributed by atoms with Crippen molar-refractivity contribution < 1.29 is 10.2 Å². The van der Waals surface area contributed by atoms with Crippen LogP contribution in [0.4, 0.5) is 0 Å². The first-order chi connectivity index (χ1) is 10.1. The third-order valence-electron chi connectivity index (χ3n) is 3.77. The number of aromatic amines is 1. The number of nitrogens with one attached hydrogen (secondary N) is 1. The number of rotatable bonds is 4. The van der Waals surface area contributed by atoms with Gasteiger partial charge in [-0.2, -0.15) is 0 Å². The van der Waals surface area contributed by atoms with Crippen molar-refractivity contribution in [1.82, 2.24) is 9.97 Å². The van der Waals surface area contributed by atoms with Crippen molar-refractivity contribution in [2.45, 2.75) is 37.4 Å². The molecule has 0 saturated carbocycles. The summed E-state index contributed by atoms with van der Waals surface area (Å²) in [5, 5.41) is 19.4. The molecule has 3 N–H and O–H groups in total. The fraction of sp³-hybridized carbons (Fsp3) is 0.571. The van der Waals surface area contributed by atoms with E-state index in [-0.39, 0.29) is 12.2 Å². The van der Waals surface area contributed by atoms with Crippen LogP contribution in [0.5, 0.6) is 0 Å². The molecule has 0 aromatic carbocycles. The molecule has 21 heavy (non-hydrogen) atoms. The van der Waals surface area contributed by atoms with Crippen molar-refractivity contribution in [3.63, 3.8) is 0 Å². The van der Waals surface area contributed by atoms with E-state index in [0.29, 0.717) is 16.8 Å². The van der Waals surface area contributed by atoms with Crippen molar-refractivity contribution in [1.29, 1.82) is 0 Å². The topological polar surface area (TPSA) is 86.2 Å². The largest absolute Gasteiger partial charge is 0.394 e. The summed E-state index contributed by atoms with van der Waals surface area (Å²) in [7, 11) is 0. The van der Waals surface area contributed by atoms with Crippen molar-refractivity contribution in [2.24, 2.45) is 5.92 Å². The maximum Gasteiger partial charge on any atom is 0.260 e. The van der Waals surface area contributed by atoms with Gasteiger partial charge in [-0.25, -0.2) is 4.98 Å². The van der Waals surface area contributed by atoms with E-state index in [1.807, 2.05) is 0 Å². The summed E-state index contributed by atoms with van der Waals surface area (Å²) in [6, 6.07) is 0. The van der Waals surface area contributed by atoms with E-state index in [2.05, 4.69) is 16.9 Å². The SMILES string of the molecule is C[C@H]1CCc2c(sc3nc(SC[C@@H](O)CO)[nH]c(=O)c23)C1. The van der Waals surface area contributed by atoms with Gasteiger partial charge in [-0.1, -0.05) is 18.7 Å². The third-order valence-corrected chi connectivity index (χ3v) is 5.93. The number of hydrogen-bond donors (Lipinski definition) is 3. The van der Waals surface area contributed by atoms with E-state index < -0.39 is 6.10 Å². The molecule has 1 aliphatic rings. The zero-order valence-corrected chi connectivity index (χ0v) is 13.4. The summed E-state index contributed by atoms with van der Waals surface area (Å²) >= 11 is 2.87. The van der Waals surface area contributed by atoms with Gasteiger partial charge in [-0.05, 0) is 30.7 Å². The summed E-state index contributed by atoms with van der Waals surface area (Å²) in [6.45, 7) is 1.95. The number of H-pyrrole nitrogens is 1. The van der Waals surface area contributed by atoms with E-state index in [0.717, 1.165) is 29.5 Å². The quantitative estimate of drug-likeness (QED) is 0.586. The standard InChI is InChI=1S/C14H18N2O3S2/c1-7-2-3-9-10(4-7)21-13-11(9)12(19)15-14(16-13)20-6-8(18)5-17/h7-8,17-18H,2-6H2,1H3,(H,15,16,19)/t7-,8-/m0/s1. The van der Waals surface area contributed by atoms with Gasteiger partial charge >= 0.3 is 0 Å². The van der Waals surface area contributed by atoms with Gasteiger partial charge < -0.3 is 15.2 Å². The maximum atomic E-state index is 12.3. The molecule has 0 saturated heterocycles. The molecular weight excluding hydrogens is 308 g/mol. The Morgan fingerprint density at radius 1 is 1.57 bits per heavy atom. The smallest absolute Gasteiger partial charge is 0.260 e. The van der Waals surface area contributed by atoms with E-state index in [1.165, 1.54) is 22.2 Å². The van der Waals surface area contributed by atoms with Crippen LogP contribution in [0.2, 0.25) is 0 Å². The van der Waals surface area contributed by atoms with Crippen LogP contribution in [0, 0.1) is 5.92 Å². The molecular formula is C14H18N2O3S2. The zero-order valence-electron chi connectivity index (χ0n) is 11.8. The summed E-state index contributed by atoms with van der Waals surface area (Å²) in [4.78, 5) is 21.7. The molecule has 0 fully saturated rings. The van der Waals surface area contributed by atoms with E-state index in [4.69, 9.17) is 5.11 Å². The molecule has 5 nitrogen and oxygen atoms in total. The van der Waals surface area contributed by atoms with Crippen LogP contribution in [0.25, 0.3) is 10.2 Å². The minimum Gasteiger partial charge on any atom is -0.394 e. The maximum absolute atomic E-state index is 12.3.